The van der Waals surface area contributed by atoms with Crippen molar-refractivity contribution >= 4 is 17.3 Å². The third kappa shape index (κ3) is 3.66. The molecular formula is C21H20ClFN4. The molecule has 4 nitrogen and oxygen atoms in total. The number of benzene rings is 2. The highest BCUT2D eigenvalue weighted by molar-refractivity contribution is 6.32. The van der Waals surface area contributed by atoms with Crippen molar-refractivity contribution in [2.45, 2.75) is 26.4 Å². The molecule has 0 aliphatic carbocycles. The van der Waals surface area contributed by atoms with Crippen molar-refractivity contribution in [1.82, 2.24) is 14.9 Å². The second-order valence-corrected chi connectivity index (χ2v) is 7.28. The molecule has 0 atom stereocenters. The second-order valence-electron chi connectivity index (χ2n) is 6.91. The van der Waals surface area contributed by atoms with Crippen LogP contribution < -0.4 is 5.73 Å². The summed E-state index contributed by atoms with van der Waals surface area (Å²) in [5, 5.41) is 0.510. The number of nitrogens with two attached hydrogens (primary N) is 1. The zero-order chi connectivity index (χ0) is 19.0. The number of fused-ring (bicyclic) bond motifs is 1. The Morgan fingerprint density at radius 1 is 1.19 bits per heavy atom. The fourth-order valence-electron chi connectivity index (χ4n) is 3.36. The van der Waals surface area contributed by atoms with Crippen LogP contribution in [0.15, 0.2) is 42.6 Å². The zero-order valence-electron chi connectivity index (χ0n) is 15.0. The molecule has 1 aliphatic rings. The van der Waals surface area contributed by atoms with E-state index in [4.69, 9.17) is 22.3 Å². The summed E-state index contributed by atoms with van der Waals surface area (Å²) in [6.45, 7) is 3.85. The van der Waals surface area contributed by atoms with Crippen molar-refractivity contribution in [2.75, 3.05) is 12.3 Å². The van der Waals surface area contributed by atoms with E-state index >= 15 is 0 Å². The normalized spacial score (nSPS) is 14.2. The lowest BCUT2D eigenvalue weighted by molar-refractivity contribution is 0.239. The molecule has 2 aromatic carbocycles. The van der Waals surface area contributed by atoms with Crippen LogP contribution in [-0.4, -0.2) is 21.4 Å². The van der Waals surface area contributed by atoms with E-state index in [1.165, 1.54) is 6.07 Å². The number of hydrogen-bond donors (Lipinski definition) is 1. The highest BCUT2D eigenvalue weighted by Crippen LogP contribution is 2.27. The van der Waals surface area contributed by atoms with Gasteiger partial charge in [-0.05, 0) is 42.8 Å². The van der Waals surface area contributed by atoms with Gasteiger partial charge in [0.1, 0.15) is 5.82 Å². The van der Waals surface area contributed by atoms with E-state index in [0.29, 0.717) is 29.5 Å². The first kappa shape index (κ1) is 17.9. The van der Waals surface area contributed by atoms with Crippen LogP contribution in [-0.2, 0) is 19.5 Å². The molecule has 2 N–H and O–H groups in total. The number of aryl methyl sites for hydroxylation is 1. The summed E-state index contributed by atoms with van der Waals surface area (Å²) in [7, 11) is 0. The zero-order valence-corrected chi connectivity index (χ0v) is 15.8. The molecule has 3 aromatic rings. The largest absolute Gasteiger partial charge is 0.399 e. The fourth-order valence-corrected chi connectivity index (χ4v) is 3.58. The Balaban J connectivity index is 1.54. The molecule has 2 heterocycles. The predicted octanol–water partition coefficient (Wildman–Crippen LogP) is 4.39. The summed E-state index contributed by atoms with van der Waals surface area (Å²) >= 11 is 6.32. The molecule has 138 valence electrons. The molecule has 6 heteroatoms. The highest BCUT2D eigenvalue weighted by Gasteiger charge is 2.21. The number of aromatic nitrogens is 2. The molecule has 0 unspecified atom stereocenters. The molecule has 0 amide bonds. The van der Waals surface area contributed by atoms with Crippen molar-refractivity contribution in [3.8, 4) is 11.4 Å². The van der Waals surface area contributed by atoms with E-state index in [1.807, 2.05) is 37.4 Å². The Morgan fingerprint density at radius 2 is 1.96 bits per heavy atom. The summed E-state index contributed by atoms with van der Waals surface area (Å²) in [4.78, 5) is 11.4. The monoisotopic (exact) mass is 382 g/mol. The maximum absolute atomic E-state index is 14.2. The van der Waals surface area contributed by atoms with E-state index in [1.54, 1.807) is 6.07 Å². The molecule has 0 saturated heterocycles. The summed E-state index contributed by atoms with van der Waals surface area (Å²) in [6, 6.07) is 10.7. The van der Waals surface area contributed by atoms with Gasteiger partial charge in [0.05, 0.1) is 10.7 Å². The number of anilines is 1. The van der Waals surface area contributed by atoms with Crippen LogP contribution in [0.5, 0.6) is 0 Å². The molecule has 0 radical (unpaired) electrons. The molecule has 0 bridgehead atoms. The van der Waals surface area contributed by atoms with E-state index < -0.39 is 0 Å². The van der Waals surface area contributed by atoms with Crippen LogP contribution >= 0.6 is 11.6 Å². The van der Waals surface area contributed by atoms with Gasteiger partial charge in [-0.15, -0.1) is 0 Å². The Morgan fingerprint density at radius 3 is 2.74 bits per heavy atom. The first-order valence-electron chi connectivity index (χ1n) is 8.88. The Hall–Kier alpha value is -2.50. The van der Waals surface area contributed by atoms with Gasteiger partial charge in [0.2, 0.25) is 0 Å². The van der Waals surface area contributed by atoms with E-state index in [-0.39, 0.29) is 5.82 Å². The standard InChI is InChI=1S/C21H20ClFN4/c1-13-2-7-18(23)17(20(13)22)12-27-9-8-19-15(11-27)10-25-21(26-19)14-3-5-16(24)6-4-14/h2-7,10H,8-9,11-12,24H2,1H3. The first-order valence-corrected chi connectivity index (χ1v) is 9.25. The van der Waals surface area contributed by atoms with Crippen LogP contribution in [0, 0.1) is 12.7 Å². The predicted molar refractivity (Wildman–Crippen MR) is 106 cm³/mol. The molecule has 1 aromatic heterocycles. The van der Waals surface area contributed by atoms with E-state index in [0.717, 1.165) is 41.0 Å². The second kappa shape index (κ2) is 7.25. The smallest absolute Gasteiger partial charge is 0.159 e. The third-order valence-electron chi connectivity index (χ3n) is 4.94. The summed E-state index contributed by atoms with van der Waals surface area (Å²) in [6.07, 6.45) is 2.67. The van der Waals surface area contributed by atoms with E-state index in [9.17, 15) is 4.39 Å². The van der Waals surface area contributed by atoms with Crippen LogP contribution in [0.4, 0.5) is 10.1 Å². The lowest BCUT2D eigenvalue weighted by Gasteiger charge is -2.28. The maximum Gasteiger partial charge on any atom is 0.159 e. The van der Waals surface area contributed by atoms with Crippen molar-refractivity contribution in [3.05, 3.63) is 75.8 Å². The van der Waals surface area contributed by atoms with Crippen molar-refractivity contribution in [3.63, 3.8) is 0 Å². The van der Waals surface area contributed by atoms with Crippen LogP contribution in [0.2, 0.25) is 5.02 Å². The quantitative estimate of drug-likeness (QED) is 0.683. The van der Waals surface area contributed by atoms with Gasteiger partial charge in [0.15, 0.2) is 5.82 Å². The molecule has 27 heavy (non-hydrogen) atoms. The van der Waals surface area contributed by atoms with E-state index in [2.05, 4.69) is 9.88 Å². The average Bonchev–Trinajstić information content (AvgIpc) is 2.68. The number of nitrogen functional groups attached to an aromatic ring is 1. The van der Waals surface area contributed by atoms with Crippen molar-refractivity contribution in [2.24, 2.45) is 0 Å². The molecular weight excluding hydrogens is 363 g/mol. The third-order valence-corrected chi connectivity index (χ3v) is 5.47. The average molecular weight is 383 g/mol. The number of halogens is 2. The molecule has 1 aliphatic heterocycles. The highest BCUT2D eigenvalue weighted by atomic mass is 35.5. The van der Waals surface area contributed by atoms with Gasteiger partial charge in [-0.2, -0.15) is 0 Å². The van der Waals surface area contributed by atoms with Gasteiger partial charge in [0.25, 0.3) is 0 Å². The SMILES string of the molecule is Cc1ccc(F)c(CN2CCc3nc(-c4ccc(N)cc4)ncc3C2)c1Cl. The summed E-state index contributed by atoms with van der Waals surface area (Å²) < 4.78 is 14.2. The molecule has 0 fully saturated rings. The van der Waals surface area contributed by atoms with Gasteiger partial charge in [-0.25, -0.2) is 14.4 Å². The molecule has 0 saturated carbocycles. The van der Waals surface area contributed by atoms with Crippen LogP contribution in [0.3, 0.4) is 0 Å². The van der Waals surface area contributed by atoms with Gasteiger partial charge >= 0.3 is 0 Å². The van der Waals surface area contributed by atoms with Gasteiger partial charge in [-0.3, -0.25) is 4.90 Å². The number of hydrogen-bond acceptors (Lipinski definition) is 4. The molecule has 4 rings (SSSR count). The van der Waals surface area contributed by atoms with Gasteiger partial charge < -0.3 is 5.73 Å². The van der Waals surface area contributed by atoms with Crippen molar-refractivity contribution in [1.29, 1.82) is 0 Å². The van der Waals surface area contributed by atoms with Gasteiger partial charge in [-0.1, -0.05) is 17.7 Å². The number of rotatable bonds is 3. The summed E-state index contributed by atoms with van der Waals surface area (Å²) in [5.41, 5.74) is 11.0. The fraction of sp³-hybridized carbons (Fsp3) is 0.238. The Bertz CT molecular complexity index is 988. The minimum Gasteiger partial charge on any atom is -0.399 e. The topological polar surface area (TPSA) is 55.0 Å². The Labute approximate surface area is 162 Å². The van der Waals surface area contributed by atoms with Crippen LogP contribution in [0.1, 0.15) is 22.4 Å². The van der Waals surface area contributed by atoms with Gasteiger partial charge in [0, 0.05) is 54.6 Å². The minimum absolute atomic E-state index is 0.258. The maximum atomic E-state index is 14.2. The summed E-state index contributed by atoms with van der Waals surface area (Å²) in [5.74, 6) is 0.446. The molecule has 0 spiro atoms. The lowest BCUT2D eigenvalue weighted by atomic mass is 10.0. The van der Waals surface area contributed by atoms with Crippen LogP contribution in [0.25, 0.3) is 11.4 Å². The minimum atomic E-state index is -0.258. The number of nitrogens with zero attached hydrogens (tertiary/aromatic N) is 3. The Kier molecular flexibility index (Phi) is 4.81. The van der Waals surface area contributed by atoms with Crippen molar-refractivity contribution < 1.29 is 4.39 Å². The lowest BCUT2D eigenvalue weighted by Crippen LogP contribution is -2.31. The first-order chi connectivity index (χ1) is 13.0.